The van der Waals surface area contributed by atoms with E-state index in [4.69, 9.17) is 4.74 Å². The van der Waals surface area contributed by atoms with Crippen molar-refractivity contribution in [1.82, 2.24) is 4.90 Å². The summed E-state index contributed by atoms with van der Waals surface area (Å²) >= 11 is 1.20. The van der Waals surface area contributed by atoms with Crippen molar-refractivity contribution in [2.45, 2.75) is 59.4 Å². The predicted molar refractivity (Wildman–Crippen MR) is 92.1 cm³/mol. The molecule has 0 saturated heterocycles. The predicted octanol–water partition coefficient (Wildman–Crippen LogP) is 2.87. The van der Waals surface area contributed by atoms with E-state index in [1.54, 1.807) is 4.90 Å². The number of thioether (sulfide) groups is 1. The zero-order valence-corrected chi connectivity index (χ0v) is 15.7. The maximum atomic E-state index is 12.7. The topological polar surface area (TPSA) is 63.7 Å². The van der Waals surface area contributed by atoms with Gasteiger partial charge in [0.1, 0.15) is 6.54 Å². The summed E-state index contributed by atoms with van der Waals surface area (Å²) in [5.41, 5.74) is -0.412. The van der Waals surface area contributed by atoms with Gasteiger partial charge < -0.3 is 9.64 Å². The average molecular weight is 343 g/mol. The summed E-state index contributed by atoms with van der Waals surface area (Å²) in [6.07, 6.45) is 4.04. The Labute approximate surface area is 143 Å². The summed E-state index contributed by atoms with van der Waals surface area (Å²) in [4.78, 5) is 38.0. The SMILES string of the molecule is COC(=O)CN(C(=O)[C@@H](C)CSC(=O)C(C)(C)C)C1CCCC1. The van der Waals surface area contributed by atoms with E-state index < -0.39 is 11.4 Å². The van der Waals surface area contributed by atoms with Gasteiger partial charge in [-0.25, -0.2) is 0 Å². The fraction of sp³-hybridized carbons (Fsp3) is 0.824. The number of methoxy groups -OCH3 is 1. The second kappa shape index (κ2) is 8.71. The van der Waals surface area contributed by atoms with E-state index in [1.165, 1.54) is 18.9 Å². The quantitative estimate of drug-likeness (QED) is 0.694. The van der Waals surface area contributed by atoms with Crippen LogP contribution in [0.1, 0.15) is 53.4 Å². The fourth-order valence-corrected chi connectivity index (χ4v) is 3.56. The van der Waals surface area contributed by atoms with Crippen molar-refractivity contribution in [2.75, 3.05) is 19.4 Å². The molecule has 1 rings (SSSR count). The number of amides is 1. The molecule has 0 aromatic carbocycles. The number of rotatable bonds is 6. The zero-order chi connectivity index (χ0) is 17.6. The first-order valence-corrected chi connectivity index (χ1v) is 9.20. The van der Waals surface area contributed by atoms with Crippen molar-refractivity contribution < 1.29 is 19.1 Å². The van der Waals surface area contributed by atoms with E-state index in [0.29, 0.717) is 5.75 Å². The molecule has 0 bridgehead atoms. The van der Waals surface area contributed by atoms with Gasteiger partial charge >= 0.3 is 5.97 Å². The second-order valence-corrected chi connectivity index (χ2v) is 8.22. The number of esters is 1. The molecule has 6 heteroatoms. The minimum absolute atomic E-state index is 0.00221. The number of hydrogen-bond donors (Lipinski definition) is 0. The molecule has 0 aromatic rings. The third-order valence-electron chi connectivity index (χ3n) is 4.07. The number of hydrogen-bond acceptors (Lipinski definition) is 5. The first-order chi connectivity index (χ1) is 10.7. The second-order valence-electron chi connectivity index (χ2n) is 7.23. The lowest BCUT2D eigenvalue weighted by Gasteiger charge is -2.30. The van der Waals surface area contributed by atoms with Gasteiger partial charge in [0, 0.05) is 23.1 Å². The third-order valence-corrected chi connectivity index (χ3v) is 5.62. The highest BCUT2D eigenvalue weighted by molar-refractivity contribution is 8.13. The van der Waals surface area contributed by atoms with Gasteiger partial charge in [-0.1, -0.05) is 52.3 Å². The minimum Gasteiger partial charge on any atom is -0.468 e. The number of carbonyl (C=O) groups is 3. The van der Waals surface area contributed by atoms with Crippen molar-refractivity contribution in [3.05, 3.63) is 0 Å². The van der Waals surface area contributed by atoms with E-state index in [9.17, 15) is 14.4 Å². The first-order valence-electron chi connectivity index (χ1n) is 8.21. The highest BCUT2D eigenvalue weighted by Crippen LogP contribution is 2.27. The molecule has 1 aliphatic carbocycles. The summed E-state index contributed by atoms with van der Waals surface area (Å²) in [6, 6.07) is 0.118. The molecule has 0 radical (unpaired) electrons. The van der Waals surface area contributed by atoms with Crippen LogP contribution < -0.4 is 0 Å². The molecular weight excluding hydrogens is 314 g/mol. The molecule has 0 spiro atoms. The van der Waals surface area contributed by atoms with E-state index in [2.05, 4.69) is 0 Å². The highest BCUT2D eigenvalue weighted by Gasteiger charge is 2.32. The van der Waals surface area contributed by atoms with Crippen LogP contribution in [0.25, 0.3) is 0 Å². The average Bonchev–Trinajstić information content (AvgIpc) is 3.01. The molecule has 1 atom stereocenters. The van der Waals surface area contributed by atoms with Crippen LogP contribution >= 0.6 is 11.8 Å². The van der Waals surface area contributed by atoms with Crippen molar-refractivity contribution in [3.63, 3.8) is 0 Å². The molecule has 1 saturated carbocycles. The summed E-state index contributed by atoms with van der Waals surface area (Å²) in [7, 11) is 1.33. The maximum Gasteiger partial charge on any atom is 0.325 e. The third kappa shape index (κ3) is 6.16. The van der Waals surface area contributed by atoms with Crippen LogP contribution in [-0.2, 0) is 19.1 Å². The smallest absolute Gasteiger partial charge is 0.325 e. The summed E-state index contributed by atoms with van der Waals surface area (Å²) in [5.74, 6) is -0.303. The molecule has 0 aliphatic heterocycles. The van der Waals surface area contributed by atoms with Gasteiger partial charge in [-0.2, -0.15) is 0 Å². The molecule has 23 heavy (non-hydrogen) atoms. The number of ether oxygens (including phenoxy) is 1. The number of nitrogens with zero attached hydrogens (tertiary/aromatic N) is 1. The lowest BCUT2D eigenvalue weighted by atomic mass is 10.00. The zero-order valence-electron chi connectivity index (χ0n) is 14.9. The lowest BCUT2D eigenvalue weighted by molar-refractivity contribution is -0.149. The van der Waals surface area contributed by atoms with Gasteiger partial charge in [0.15, 0.2) is 5.12 Å². The Morgan fingerprint density at radius 2 is 1.78 bits per heavy atom. The van der Waals surface area contributed by atoms with Crippen molar-refractivity contribution in [1.29, 1.82) is 0 Å². The van der Waals surface area contributed by atoms with Crippen LogP contribution in [0, 0.1) is 11.3 Å². The molecule has 1 aliphatic rings. The van der Waals surface area contributed by atoms with Gasteiger partial charge in [0.25, 0.3) is 0 Å². The number of carbonyl (C=O) groups excluding carboxylic acids is 3. The van der Waals surface area contributed by atoms with E-state index in [1.807, 2.05) is 27.7 Å². The molecule has 5 nitrogen and oxygen atoms in total. The monoisotopic (exact) mass is 343 g/mol. The summed E-state index contributed by atoms with van der Waals surface area (Å²) < 4.78 is 4.72. The van der Waals surface area contributed by atoms with Crippen LogP contribution in [0.5, 0.6) is 0 Å². The molecular formula is C17H29NO4S. The van der Waals surface area contributed by atoms with Crippen molar-refractivity contribution in [2.24, 2.45) is 11.3 Å². The van der Waals surface area contributed by atoms with Crippen molar-refractivity contribution in [3.8, 4) is 0 Å². The van der Waals surface area contributed by atoms with Gasteiger partial charge in [0.05, 0.1) is 7.11 Å². The van der Waals surface area contributed by atoms with Crippen LogP contribution in [0.2, 0.25) is 0 Å². The Morgan fingerprint density at radius 3 is 2.26 bits per heavy atom. The molecule has 0 aromatic heterocycles. The van der Waals surface area contributed by atoms with Gasteiger partial charge in [0.2, 0.25) is 5.91 Å². The Balaban J connectivity index is 2.67. The standard InChI is InChI=1S/C17H29NO4S/c1-12(11-23-16(21)17(2,3)4)15(20)18(10-14(19)22-5)13-8-6-7-9-13/h12-13H,6-11H2,1-5H3/t12-/m0/s1. The van der Waals surface area contributed by atoms with Crippen LogP contribution in [0.3, 0.4) is 0 Å². The van der Waals surface area contributed by atoms with Gasteiger partial charge in [-0.05, 0) is 12.8 Å². The molecule has 0 unspecified atom stereocenters. The van der Waals surface area contributed by atoms with E-state index in [0.717, 1.165) is 25.7 Å². The first kappa shape index (κ1) is 20.0. The maximum absolute atomic E-state index is 12.7. The van der Waals surface area contributed by atoms with Gasteiger partial charge in [-0.15, -0.1) is 0 Å². The van der Waals surface area contributed by atoms with Crippen LogP contribution in [0.4, 0.5) is 0 Å². The normalized spacial score (nSPS) is 16.9. The molecule has 1 amide bonds. The van der Waals surface area contributed by atoms with Crippen LogP contribution in [-0.4, -0.2) is 47.3 Å². The molecule has 132 valence electrons. The minimum atomic E-state index is -0.412. The summed E-state index contributed by atoms with van der Waals surface area (Å²) in [5, 5.41) is 0.0811. The van der Waals surface area contributed by atoms with E-state index >= 15 is 0 Å². The van der Waals surface area contributed by atoms with E-state index in [-0.39, 0.29) is 29.5 Å². The molecule has 0 heterocycles. The summed E-state index contributed by atoms with van der Waals surface area (Å²) in [6.45, 7) is 7.44. The largest absolute Gasteiger partial charge is 0.468 e. The Hall–Kier alpha value is -1.04. The fourth-order valence-electron chi connectivity index (χ4n) is 2.58. The van der Waals surface area contributed by atoms with Crippen molar-refractivity contribution >= 4 is 28.8 Å². The highest BCUT2D eigenvalue weighted by atomic mass is 32.2. The molecule has 1 fully saturated rings. The van der Waals surface area contributed by atoms with Crippen LogP contribution in [0.15, 0.2) is 0 Å². The van der Waals surface area contributed by atoms with Gasteiger partial charge in [-0.3, -0.25) is 14.4 Å². The molecule has 0 N–H and O–H groups in total. The Kier molecular flexibility index (Phi) is 7.58. The Bertz CT molecular complexity index is 438. The lowest BCUT2D eigenvalue weighted by Crippen LogP contribution is -2.45. The Morgan fingerprint density at radius 1 is 1.22 bits per heavy atom.